The molecule has 5 heteroatoms. The molecule has 1 amide bonds. The number of amides is 1. The van der Waals surface area contributed by atoms with Crippen LogP contribution in [0.3, 0.4) is 0 Å². The second-order valence-electron chi connectivity index (χ2n) is 6.43. The zero-order valence-corrected chi connectivity index (χ0v) is 16.3. The molecule has 4 nitrogen and oxygen atoms in total. The predicted octanol–water partition coefficient (Wildman–Crippen LogP) is 5.02. The van der Waals surface area contributed by atoms with Gasteiger partial charge in [0, 0.05) is 16.8 Å². The molecule has 2 rings (SSSR count). The van der Waals surface area contributed by atoms with Gasteiger partial charge in [-0.1, -0.05) is 29.3 Å². The van der Waals surface area contributed by atoms with Gasteiger partial charge >= 0.3 is 0 Å². The lowest BCUT2D eigenvalue weighted by atomic mass is 10.0. The van der Waals surface area contributed by atoms with Crippen molar-refractivity contribution in [1.82, 2.24) is 0 Å². The van der Waals surface area contributed by atoms with E-state index in [1.54, 1.807) is 13.2 Å². The van der Waals surface area contributed by atoms with Crippen LogP contribution >= 0.6 is 11.6 Å². The SMILES string of the molecule is COc1cc(Cl)c(C)cc1N[C@@H](C)C(=O)Nc1c(C)cc(C)cc1C. The molecular weight excluding hydrogens is 336 g/mol. The van der Waals surface area contributed by atoms with Gasteiger partial charge in [0.15, 0.2) is 0 Å². The minimum Gasteiger partial charge on any atom is -0.495 e. The zero-order valence-electron chi connectivity index (χ0n) is 15.6. The molecule has 0 spiro atoms. The van der Waals surface area contributed by atoms with E-state index in [4.69, 9.17) is 16.3 Å². The zero-order chi connectivity index (χ0) is 18.7. The molecule has 0 aromatic heterocycles. The number of nitrogens with one attached hydrogen (secondary N) is 2. The molecule has 0 bridgehead atoms. The summed E-state index contributed by atoms with van der Waals surface area (Å²) in [6.45, 7) is 9.78. The third-order valence-corrected chi connectivity index (χ3v) is 4.58. The van der Waals surface area contributed by atoms with Crippen LogP contribution in [0.15, 0.2) is 24.3 Å². The predicted molar refractivity (Wildman–Crippen MR) is 105 cm³/mol. The molecule has 0 heterocycles. The van der Waals surface area contributed by atoms with E-state index in [0.717, 1.165) is 28.1 Å². The largest absolute Gasteiger partial charge is 0.495 e. The first kappa shape index (κ1) is 19.1. The molecule has 0 saturated heterocycles. The molecule has 25 heavy (non-hydrogen) atoms. The highest BCUT2D eigenvalue weighted by Gasteiger charge is 2.17. The monoisotopic (exact) mass is 360 g/mol. The van der Waals surface area contributed by atoms with Crippen molar-refractivity contribution in [3.05, 3.63) is 51.5 Å². The molecule has 0 radical (unpaired) electrons. The summed E-state index contributed by atoms with van der Waals surface area (Å²) in [5.41, 5.74) is 5.81. The van der Waals surface area contributed by atoms with Crippen molar-refractivity contribution in [2.75, 3.05) is 17.7 Å². The van der Waals surface area contributed by atoms with Crippen LogP contribution < -0.4 is 15.4 Å². The van der Waals surface area contributed by atoms with E-state index < -0.39 is 6.04 Å². The van der Waals surface area contributed by atoms with Gasteiger partial charge in [0.25, 0.3) is 0 Å². The summed E-state index contributed by atoms with van der Waals surface area (Å²) in [5, 5.41) is 6.85. The van der Waals surface area contributed by atoms with Gasteiger partial charge < -0.3 is 15.4 Å². The van der Waals surface area contributed by atoms with Gasteiger partial charge in [0.1, 0.15) is 11.8 Å². The maximum atomic E-state index is 12.6. The average molecular weight is 361 g/mol. The van der Waals surface area contributed by atoms with Crippen molar-refractivity contribution in [2.24, 2.45) is 0 Å². The van der Waals surface area contributed by atoms with Gasteiger partial charge in [-0.15, -0.1) is 0 Å². The molecular formula is C20H25ClN2O2. The van der Waals surface area contributed by atoms with Gasteiger partial charge in [-0.2, -0.15) is 0 Å². The Morgan fingerprint density at radius 2 is 1.64 bits per heavy atom. The number of hydrogen-bond acceptors (Lipinski definition) is 3. The van der Waals surface area contributed by atoms with E-state index in [9.17, 15) is 4.79 Å². The number of carbonyl (C=O) groups excluding carboxylic acids is 1. The number of ether oxygens (including phenoxy) is 1. The van der Waals surface area contributed by atoms with Crippen molar-refractivity contribution in [3.8, 4) is 5.75 Å². The van der Waals surface area contributed by atoms with Crippen LogP contribution in [0.25, 0.3) is 0 Å². The summed E-state index contributed by atoms with van der Waals surface area (Å²) in [6.07, 6.45) is 0. The topological polar surface area (TPSA) is 50.4 Å². The summed E-state index contributed by atoms with van der Waals surface area (Å²) in [5.74, 6) is 0.502. The lowest BCUT2D eigenvalue weighted by molar-refractivity contribution is -0.116. The Kier molecular flexibility index (Phi) is 5.96. The van der Waals surface area contributed by atoms with Gasteiger partial charge in [-0.25, -0.2) is 0 Å². The van der Waals surface area contributed by atoms with Gasteiger partial charge in [-0.3, -0.25) is 4.79 Å². The highest BCUT2D eigenvalue weighted by atomic mass is 35.5. The number of carbonyl (C=O) groups is 1. The van der Waals surface area contributed by atoms with Gasteiger partial charge in [-0.05, 0) is 57.4 Å². The fourth-order valence-electron chi connectivity index (χ4n) is 2.85. The number of methoxy groups -OCH3 is 1. The number of anilines is 2. The Morgan fingerprint density at radius 1 is 1.04 bits per heavy atom. The van der Waals surface area contributed by atoms with Crippen LogP contribution in [0.5, 0.6) is 5.75 Å². The number of aryl methyl sites for hydroxylation is 4. The van der Waals surface area contributed by atoms with Crippen LogP contribution in [-0.2, 0) is 4.79 Å². The van der Waals surface area contributed by atoms with E-state index in [1.165, 1.54) is 5.56 Å². The number of rotatable bonds is 5. The van der Waals surface area contributed by atoms with E-state index in [1.807, 2.05) is 40.7 Å². The molecule has 134 valence electrons. The number of halogens is 1. The van der Waals surface area contributed by atoms with E-state index in [2.05, 4.69) is 22.8 Å². The van der Waals surface area contributed by atoms with E-state index in [-0.39, 0.29) is 5.91 Å². The molecule has 2 aromatic rings. The maximum Gasteiger partial charge on any atom is 0.246 e. The highest BCUT2D eigenvalue weighted by Crippen LogP contribution is 2.31. The van der Waals surface area contributed by atoms with Gasteiger partial charge in [0.05, 0.1) is 12.8 Å². The lowest BCUT2D eigenvalue weighted by Crippen LogP contribution is -2.32. The van der Waals surface area contributed by atoms with E-state index >= 15 is 0 Å². The molecule has 0 fully saturated rings. The average Bonchev–Trinajstić information content (AvgIpc) is 2.53. The summed E-state index contributed by atoms with van der Waals surface area (Å²) < 4.78 is 5.35. The molecule has 2 aromatic carbocycles. The summed E-state index contributed by atoms with van der Waals surface area (Å²) in [6, 6.07) is 7.32. The first-order chi connectivity index (χ1) is 11.7. The summed E-state index contributed by atoms with van der Waals surface area (Å²) in [4.78, 5) is 12.6. The van der Waals surface area contributed by atoms with Crippen LogP contribution in [-0.4, -0.2) is 19.1 Å². The molecule has 0 aliphatic rings. The third kappa shape index (κ3) is 4.45. The summed E-state index contributed by atoms with van der Waals surface area (Å²) >= 11 is 6.13. The van der Waals surface area contributed by atoms with Crippen LogP contribution in [0.1, 0.15) is 29.2 Å². The first-order valence-corrected chi connectivity index (χ1v) is 8.60. The maximum absolute atomic E-state index is 12.6. The molecule has 1 atom stereocenters. The highest BCUT2D eigenvalue weighted by molar-refractivity contribution is 6.31. The normalized spacial score (nSPS) is 11.8. The van der Waals surface area contributed by atoms with Crippen molar-refractivity contribution in [1.29, 1.82) is 0 Å². The number of benzene rings is 2. The first-order valence-electron chi connectivity index (χ1n) is 8.22. The third-order valence-electron chi connectivity index (χ3n) is 4.17. The smallest absolute Gasteiger partial charge is 0.246 e. The standard InChI is InChI=1S/C20H25ClN2O2/c1-11-7-13(3)19(14(4)8-11)23-20(24)15(5)22-17-9-12(2)16(21)10-18(17)25-6/h7-10,15,22H,1-6H3,(H,23,24)/t15-/m0/s1. The second-order valence-corrected chi connectivity index (χ2v) is 6.84. The minimum absolute atomic E-state index is 0.107. The van der Waals surface area contributed by atoms with Crippen LogP contribution in [0.4, 0.5) is 11.4 Å². The summed E-state index contributed by atoms with van der Waals surface area (Å²) in [7, 11) is 1.58. The Balaban J connectivity index is 2.18. The van der Waals surface area contributed by atoms with Crippen molar-refractivity contribution in [2.45, 2.75) is 40.7 Å². The van der Waals surface area contributed by atoms with Gasteiger partial charge in [0.2, 0.25) is 5.91 Å². The molecule has 2 N–H and O–H groups in total. The van der Waals surface area contributed by atoms with Crippen LogP contribution in [0, 0.1) is 27.7 Å². The number of hydrogen-bond donors (Lipinski definition) is 2. The fourth-order valence-corrected chi connectivity index (χ4v) is 3.01. The van der Waals surface area contributed by atoms with Crippen molar-refractivity contribution < 1.29 is 9.53 Å². The lowest BCUT2D eigenvalue weighted by Gasteiger charge is -2.20. The second kappa shape index (κ2) is 7.79. The van der Waals surface area contributed by atoms with Crippen molar-refractivity contribution in [3.63, 3.8) is 0 Å². The Bertz CT molecular complexity index is 780. The van der Waals surface area contributed by atoms with E-state index in [0.29, 0.717) is 10.8 Å². The molecule has 0 aliphatic carbocycles. The minimum atomic E-state index is -0.436. The Hall–Kier alpha value is -2.20. The molecule has 0 unspecified atom stereocenters. The van der Waals surface area contributed by atoms with Crippen LogP contribution in [0.2, 0.25) is 5.02 Å². The molecule has 0 aliphatic heterocycles. The van der Waals surface area contributed by atoms with Crippen molar-refractivity contribution >= 4 is 28.9 Å². The molecule has 0 saturated carbocycles. The Morgan fingerprint density at radius 3 is 2.20 bits per heavy atom. The Labute approximate surface area is 154 Å². The quantitative estimate of drug-likeness (QED) is 0.786. The fraction of sp³-hybridized carbons (Fsp3) is 0.350.